The number of aliphatic carboxylic acids is 1. The van der Waals surface area contributed by atoms with Crippen molar-refractivity contribution in [1.29, 1.82) is 0 Å². The van der Waals surface area contributed by atoms with Crippen molar-refractivity contribution in [1.82, 2.24) is 10.6 Å². The third-order valence-corrected chi connectivity index (χ3v) is 6.58. The van der Waals surface area contributed by atoms with Gasteiger partial charge >= 0.3 is 12.1 Å². The van der Waals surface area contributed by atoms with Gasteiger partial charge in [0.25, 0.3) is 0 Å². The molecule has 7 nitrogen and oxygen atoms in total. The fourth-order valence-corrected chi connectivity index (χ4v) is 4.61. The number of hydrogen-bond donors (Lipinski definition) is 3. The molecule has 2 atom stereocenters. The summed E-state index contributed by atoms with van der Waals surface area (Å²) in [5.74, 6) is -1.14. The van der Waals surface area contributed by atoms with Gasteiger partial charge in [-0.05, 0) is 61.0 Å². The molecule has 1 aliphatic rings. The van der Waals surface area contributed by atoms with Crippen molar-refractivity contribution in [2.24, 2.45) is 0 Å². The summed E-state index contributed by atoms with van der Waals surface area (Å²) in [6.45, 7) is 3.86. The first-order chi connectivity index (χ1) is 16.8. The Balaban J connectivity index is 1.65. The molecule has 8 heteroatoms. The molecule has 2 amide bonds. The zero-order chi connectivity index (χ0) is 25.4. The van der Waals surface area contributed by atoms with E-state index in [4.69, 9.17) is 4.74 Å². The lowest BCUT2D eigenvalue weighted by Gasteiger charge is -2.21. The van der Waals surface area contributed by atoms with Crippen molar-refractivity contribution < 1.29 is 24.2 Å². The highest BCUT2D eigenvalue weighted by Crippen LogP contribution is 2.44. The van der Waals surface area contributed by atoms with Crippen molar-refractivity contribution in [3.8, 4) is 11.1 Å². The van der Waals surface area contributed by atoms with Crippen LogP contribution in [0.5, 0.6) is 0 Å². The molecule has 3 N–H and O–H groups in total. The summed E-state index contributed by atoms with van der Waals surface area (Å²) in [5, 5.41) is 14.7. The number of hydrogen-bond acceptors (Lipinski definition) is 5. The van der Waals surface area contributed by atoms with Gasteiger partial charge < -0.3 is 20.5 Å². The van der Waals surface area contributed by atoms with Crippen LogP contribution in [0.4, 0.5) is 4.79 Å². The highest BCUT2D eigenvalue weighted by atomic mass is 32.2. The number of allylic oxidation sites excluding steroid dienone is 1. The topological polar surface area (TPSA) is 105 Å². The molecule has 0 fully saturated rings. The third-order valence-electron chi connectivity index (χ3n) is 5.94. The second kappa shape index (κ2) is 12.4. The molecule has 1 aliphatic carbocycles. The molecule has 0 heterocycles. The number of carboxylic acid groups (broad SMARTS) is 1. The first-order valence-electron chi connectivity index (χ1n) is 11.6. The summed E-state index contributed by atoms with van der Waals surface area (Å²) >= 11 is 1.53. The molecular weight excluding hydrogens is 464 g/mol. The number of amides is 2. The predicted molar refractivity (Wildman–Crippen MR) is 139 cm³/mol. The Bertz CT molecular complexity index is 1050. The fraction of sp³-hybridized carbons (Fsp3) is 0.370. The van der Waals surface area contributed by atoms with Gasteiger partial charge in [0.2, 0.25) is 5.91 Å². The average molecular weight is 497 g/mol. The molecule has 186 valence electrons. The van der Waals surface area contributed by atoms with E-state index in [9.17, 15) is 19.5 Å². The quantitative estimate of drug-likeness (QED) is 0.394. The van der Waals surface area contributed by atoms with E-state index in [2.05, 4.69) is 22.8 Å². The Morgan fingerprint density at radius 3 is 2.14 bits per heavy atom. The fourth-order valence-electron chi connectivity index (χ4n) is 4.13. The van der Waals surface area contributed by atoms with E-state index in [0.29, 0.717) is 12.2 Å². The number of ether oxygens (including phenoxy) is 1. The van der Waals surface area contributed by atoms with Gasteiger partial charge in [0, 0.05) is 5.92 Å². The van der Waals surface area contributed by atoms with Gasteiger partial charge in [0.05, 0.1) is 0 Å². The van der Waals surface area contributed by atoms with E-state index in [0.717, 1.165) is 27.8 Å². The maximum absolute atomic E-state index is 12.9. The molecule has 2 aromatic carbocycles. The van der Waals surface area contributed by atoms with Crippen LogP contribution in [0.3, 0.4) is 0 Å². The number of nitrogens with one attached hydrogen (secondary N) is 2. The second-order valence-electron chi connectivity index (χ2n) is 8.72. The predicted octanol–water partition coefficient (Wildman–Crippen LogP) is 4.57. The molecule has 1 unspecified atom stereocenters. The van der Waals surface area contributed by atoms with Crippen LogP contribution in [0.25, 0.3) is 11.1 Å². The molecule has 0 saturated carbocycles. The van der Waals surface area contributed by atoms with Crippen LogP contribution in [0.2, 0.25) is 0 Å². The van der Waals surface area contributed by atoms with Gasteiger partial charge in [-0.15, -0.1) is 0 Å². The molecule has 0 radical (unpaired) electrons. The molecule has 0 bridgehead atoms. The Kier molecular flexibility index (Phi) is 9.37. The number of rotatable bonds is 11. The van der Waals surface area contributed by atoms with E-state index in [1.807, 2.05) is 56.5 Å². The lowest BCUT2D eigenvalue weighted by molar-refractivity contribution is -0.142. The van der Waals surface area contributed by atoms with Crippen LogP contribution < -0.4 is 10.6 Å². The van der Waals surface area contributed by atoms with Crippen LogP contribution in [0.1, 0.15) is 43.7 Å². The summed E-state index contributed by atoms with van der Waals surface area (Å²) in [7, 11) is 0. The minimum absolute atomic E-state index is 0.0907. The summed E-state index contributed by atoms with van der Waals surface area (Å²) in [6.07, 6.45) is 3.48. The Morgan fingerprint density at radius 1 is 1.00 bits per heavy atom. The molecule has 0 spiro atoms. The van der Waals surface area contributed by atoms with Crippen LogP contribution in [-0.4, -0.2) is 53.8 Å². The van der Waals surface area contributed by atoms with E-state index < -0.39 is 30.1 Å². The molecule has 2 aromatic rings. The number of thioether (sulfide) groups is 1. The van der Waals surface area contributed by atoms with Gasteiger partial charge in [-0.1, -0.05) is 60.2 Å². The average Bonchev–Trinajstić information content (AvgIpc) is 3.16. The minimum Gasteiger partial charge on any atom is -0.480 e. The minimum atomic E-state index is -1.12. The van der Waals surface area contributed by atoms with Gasteiger partial charge in [-0.2, -0.15) is 11.8 Å². The van der Waals surface area contributed by atoms with E-state index in [-0.39, 0.29) is 18.9 Å². The van der Waals surface area contributed by atoms with Crippen molar-refractivity contribution in [3.63, 3.8) is 0 Å². The third kappa shape index (κ3) is 6.88. The van der Waals surface area contributed by atoms with Gasteiger partial charge in [0.1, 0.15) is 18.7 Å². The number of carbonyl (C=O) groups is 3. The SMILES string of the molecule is CSCC[C@@H](NC(=O)OCC1c2ccccc2-c2ccccc21)C(=O)NC(CC=C(C)C)C(=O)O. The number of carboxylic acids is 1. The lowest BCUT2D eigenvalue weighted by Crippen LogP contribution is -2.51. The molecule has 0 aromatic heterocycles. The Morgan fingerprint density at radius 2 is 1.60 bits per heavy atom. The second-order valence-corrected chi connectivity index (χ2v) is 9.71. The van der Waals surface area contributed by atoms with Gasteiger partial charge in [-0.25, -0.2) is 9.59 Å². The molecular formula is C27H32N2O5S. The van der Waals surface area contributed by atoms with Crippen molar-refractivity contribution >= 4 is 29.7 Å². The first kappa shape index (κ1) is 26.3. The number of carbonyl (C=O) groups excluding carboxylic acids is 2. The van der Waals surface area contributed by atoms with E-state index in [1.165, 1.54) is 11.8 Å². The molecule has 0 saturated heterocycles. The van der Waals surface area contributed by atoms with Crippen LogP contribution >= 0.6 is 11.8 Å². The summed E-state index contributed by atoms with van der Waals surface area (Å²) < 4.78 is 5.57. The van der Waals surface area contributed by atoms with E-state index >= 15 is 0 Å². The largest absolute Gasteiger partial charge is 0.480 e. The van der Waals surface area contributed by atoms with Crippen LogP contribution in [0.15, 0.2) is 60.2 Å². The maximum atomic E-state index is 12.9. The molecule has 0 aliphatic heterocycles. The number of alkyl carbamates (subject to hydrolysis) is 1. The first-order valence-corrected chi connectivity index (χ1v) is 13.0. The van der Waals surface area contributed by atoms with Crippen LogP contribution in [-0.2, 0) is 14.3 Å². The summed E-state index contributed by atoms with van der Waals surface area (Å²) in [5.41, 5.74) is 5.42. The highest BCUT2D eigenvalue weighted by molar-refractivity contribution is 7.98. The van der Waals surface area contributed by atoms with Crippen molar-refractivity contribution in [2.75, 3.05) is 18.6 Å². The van der Waals surface area contributed by atoms with E-state index in [1.54, 1.807) is 6.08 Å². The van der Waals surface area contributed by atoms with Crippen LogP contribution in [0, 0.1) is 0 Å². The molecule has 3 rings (SSSR count). The smallest absolute Gasteiger partial charge is 0.407 e. The lowest BCUT2D eigenvalue weighted by atomic mass is 9.98. The maximum Gasteiger partial charge on any atom is 0.407 e. The van der Waals surface area contributed by atoms with Crippen molar-refractivity contribution in [2.45, 2.75) is 44.7 Å². The molecule has 35 heavy (non-hydrogen) atoms. The van der Waals surface area contributed by atoms with Gasteiger partial charge in [-0.3, -0.25) is 4.79 Å². The highest BCUT2D eigenvalue weighted by Gasteiger charge is 2.30. The Labute approximate surface area is 210 Å². The Hall–Kier alpha value is -3.26. The van der Waals surface area contributed by atoms with Gasteiger partial charge in [0.15, 0.2) is 0 Å². The number of fused-ring (bicyclic) bond motifs is 3. The zero-order valence-electron chi connectivity index (χ0n) is 20.2. The standard InChI is InChI=1S/C27H32N2O5S/c1-17(2)12-13-24(26(31)32)28-25(30)23(14-15-35-3)29-27(33)34-16-22-20-10-6-4-8-18(20)19-9-5-7-11-21(19)22/h4-12,22-24H,13-16H2,1-3H3,(H,28,30)(H,29,33)(H,31,32)/t23-,24?/m1/s1. The van der Waals surface area contributed by atoms with Crippen molar-refractivity contribution in [3.05, 3.63) is 71.3 Å². The summed E-state index contributed by atoms with van der Waals surface area (Å²) in [6, 6.07) is 14.1. The normalized spacial score (nSPS) is 13.7. The zero-order valence-corrected chi connectivity index (χ0v) is 21.1. The number of benzene rings is 2. The summed E-state index contributed by atoms with van der Waals surface area (Å²) in [4.78, 5) is 37.1. The monoisotopic (exact) mass is 496 g/mol.